The first-order valence-corrected chi connectivity index (χ1v) is 7.92. The third kappa shape index (κ3) is 2.62. The van der Waals surface area contributed by atoms with Crippen molar-refractivity contribution in [2.45, 2.75) is 65.5 Å². The minimum Gasteiger partial charge on any atom is -0.383 e. The van der Waals surface area contributed by atoms with Crippen LogP contribution in [0.25, 0.3) is 0 Å². The third-order valence-electron chi connectivity index (χ3n) is 4.51. The number of halogens is 1. The molecule has 0 amide bonds. The smallest absolute Gasteiger partial charge is 0.110 e. The molecule has 2 unspecified atom stereocenters. The first kappa shape index (κ1) is 15.0. The van der Waals surface area contributed by atoms with E-state index in [1.165, 1.54) is 0 Å². The van der Waals surface area contributed by atoms with Crippen molar-refractivity contribution in [2.75, 3.05) is 0 Å². The minimum atomic E-state index is -0.769. The van der Waals surface area contributed by atoms with Crippen LogP contribution < -0.4 is 0 Å². The van der Waals surface area contributed by atoms with E-state index in [0.717, 1.165) is 29.4 Å². The fourth-order valence-electron chi connectivity index (χ4n) is 3.36. The molecule has 2 rings (SSSR count). The topological polar surface area (TPSA) is 38.0 Å². The van der Waals surface area contributed by atoms with Crippen molar-refractivity contribution in [3.8, 4) is 0 Å². The second kappa shape index (κ2) is 4.88. The lowest BCUT2D eigenvalue weighted by Gasteiger charge is -2.45. The molecule has 2 atom stereocenters. The van der Waals surface area contributed by atoms with Gasteiger partial charge in [-0.15, -0.1) is 0 Å². The largest absolute Gasteiger partial charge is 0.383 e. The number of nitrogens with zero attached hydrogens (tertiary/aromatic N) is 2. The molecule has 19 heavy (non-hydrogen) atoms. The molecule has 0 saturated heterocycles. The standard InChI is InChI=1S/C15H25BrN2O/c1-10(2)18-13(12(16)9-17-18)15(19)7-6-14(4,5)8-11(15)3/h9-11,19H,6-8H2,1-5H3. The van der Waals surface area contributed by atoms with Crippen LogP contribution in [0.1, 0.15) is 65.6 Å². The molecule has 1 fully saturated rings. The molecule has 0 aromatic carbocycles. The van der Waals surface area contributed by atoms with Crippen LogP contribution in [0.5, 0.6) is 0 Å². The summed E-state index contributed by atoms with van der Waals surface area (Å²) in [7, 11) is 0. The number of hydrogen-bond acceptors (Lipinski definition) is 2. The van der Waals surface area contributed by atoms with Crippen molar-refractivity contribution in [2.24, 2.45) is 11.3 Å². The first-order valence-electron chi connectivity index (χ1n) is 7.13. The predicted molar refractivity (Wildman–Crippen MR) is 81.0 cm³/mol. The average molecular weight is 329 g/mol. The Kier molecular flexibility index (Phi) is 3.87. The Labute approximate surface area is 124 Å². The van der Waals surface area contributed by atoms with Crippen LogP contribution >= 0.6 is 15.9 Å². The highest BCUT2D eigenvalue weighted by molar-refractivity contribution is 9.10. The molecule has 1 aromatic rings. The predicted octanol–water partition coefficient (Wildman–Crippen LogP) is 4.26. The Hall–Kier alpha value is -0.350. The Morgan fingerprint density at radius 1 is 1.42 bits per heavy atom. The summed E-state index contributed by atoms with van der Waals surface area (Å²) >= 11 is 3.57. The summed E-state index contributed by atoms with van der Waals surface area (Å²) in [5.74, 6) is 0.238. The van der Waals surface area contributed by atoms with Gasteiger partial charge in [-0.3, -0.25) is 4.68 Å². The summed E-state index contributed by atoms with van der Waals surface area (Å²) < 4.78 is 2.88. The van der Waals surface area contributed by atoms with E-state index in [1.807, 2.05) is 4.68 Å². The summed E-state index contributed by atoms with van der Waals surface area (Å²) in [5, 5.41) is 15.7. The lowest BCUT2D eigenvalue weighted by molar-refractivity contribution is -0.0840. The van der Waals surface area contributed by atoms with Crippen LogP contribution in [-0.4, -0.2) is 14.9 Å². The van der Waals surface area contributed by atoms with Gasteiger partial charge in [0.05, 0.1) is 16.4 Å². The average Bonchev–Trinajstić information content (AvgIpc) is 2.67. The summed E-state index contributed by atoms with van der Waals surface area (Å²) in [6, 6.07) is 0.257. The Balaban J connectivity index is 2.43. The third-order valence-corrected chi connectivity index (χ3v) is 5.09. The molecule has 1 saturated carbocycles. The zero-order valence-electron chi connectivity index (χ0n) is 12.6. The van der Waals surface area contributed by atoms with E-state index in [-0.39, 0.29) is 12.0 Å². The van der Waals surface area contributed by atoms with E-state index in [4.69, 9.17) is 0 Å². The van der Waals surface area contributed by atoms with Gasteiger partial charge in [-0.1, -0.05) is 20.8 Å². The number of hydrogen-bond donors (Lipinski definition) is 1. The van der Waals surface area contributed by atoms with E-state index in [1.54, 1.807) is 6.20 Å². The molecule has 1 aliphatic rings. The molecule has 0 spiro atoms. The van der Waals surface area contributed by atoms with Gasteiger partial charge < -0.3 is 5.11 Å². The monoisotopic (exact) mass is 328 g/mol. The van der Waals surface area contributed by atoms with Crippen molar-refractivity contribution in [3.63, 3.8) is 0 Å². The molecule has 1 N–H and O–H groups in total. The van der Waals surface area contributed by atoms with Gasteiger partial charge in [-0.05, 0) is 60.4 Å². The summed E-state index contributed by atoms with van der Waals surface area (Å²) in [5.41, 5.74) is 0.501. The molecule has 108 valence electrons. The highest BCUT2D eigenvalue weighted by Gasteiger charge is 2.46. The van der Waals surface area contributed by atoms with Crippen LogP contribution in [0, 0.1) is 11.3 Å². The van der Waals surface area contributed by atoms with Crippen molar-refractivity contribution < 1.29 is 5.11 Å². The molecule has 3 nitrogen and oxygen atoms in total. The lowest BCUT2D eigenvalue weighted by Crippen LogP contribution is -2.43. The van der Waals surface area contributed by atoms with E-state index in [9.17, 15) is 5.11 Å². The molecule has 1 aliphatic carbocycles. The highest BCUT2D eigenvalue weighted by atomic mass is 79.9. The fourth-order valence-corrected chi connectivity index (χ4v) is 3.98. The normalized spacial score (nSPS) is 30.8. The Morgan fingerprint density at radius 2 is 2.05 bits per heavy atom. The first-order chi connectivity index (χ1) is 8.67. The Bertz CT molecular complexity index is 467. The second-order valence-electron chi connectivity index (χ2n) is 7.07. The van der Waals surface area contributed by atoms with Crippen LogP contribution in [0.4, 0.5) is 0 Å². The summed E-state index contributed by atoms with van der Waals surface area (Å²) in [4.78, 5) is 0. The maximum Gasteiger partial charge on any atom is 0.110 e. The molecular weight excluding hydrogens is 304 g/mol. The zero-order chi connectivity index (χ0) is 14.4. The fraction of sp³-hybridized carbons (Fsp3) is 0.800. The number of rotatable bonds is 2. The lowest BCUT2D eigenvalue weighted by atomic mass is 9.64. The van der Waals surface area contributed by atoms with E-state index < -0.39 is 5.60 Å². The van der Waals surface area contributed by atoms with Gasteiger partial charge in [0, 0.05) is 6.04 Å². The molecule has 1 aromatic heterocycles. The number of aromatic nitrogens is 2. The minimum absolute atomic E-state index is 0.238. The Morgan fingerprint density at radius 3 is 2.58 bits per heavy atom. The molecular formula is C15H25BrN2O. The number of aliphatic hydroxyl groups is 1. The molecule has 0 radical (unpaired) electrons. The van der Waals surface area contributed by atoms with Crippen molar-refractivity contribution >= 4 is 15.9 Å². The van der Waals surface area contributed by atoms with Crippen molar-refractivity contribution in [1.29, 1.82) is 0 Å². The summed E-state index contributed by atoms with van der Waals surface area (Å²) in [6.07, 6.45) is 4.70. The van der Waals surface area contributed by atoms with Crippen LogP contribution in [-0.2, 0) is 5.60 Å². The molecule has 1 heterocycles. The zero-order valence-corrected chi connectivity index (χ0v) is 14.2. The van der Waals surface area contributed by atoms with E-state index in [0.29, 0.717) is 5.41 Å². The van der Waals surface area contributed by atoms with Gasteiger partial charge >= 0.3 is 0 Å². The van der Waals surface area contributed by atoms with Gasteiger partial charge in [0.25, 0.3) is 0 Å². The van der Waals surface area contributed by atoms with Crippen LogP contribution in [0.3, 0.4) is 0 Å². The van der Waals surface area contributed by atoms with Crippen molar-refractivity contribution in [3.05, 3.63) is 16.4 Å². The van der Waals surface area contributed by atoms with Gasteiger partial charge in [-0.25, -0.2) is 0 Å². The van der Waals surface area contributed by atoms with Gasteiger partial charge in [0.2, 0.25) is 0 Å². The molecule has 0 bridgehead atoms. The van der Waals surface area contributed by atoms with Gasteiger partial charge in [0.15, 0.2) is 0 Å². The van der Waals surface area contributed by atoms with E-state index in [2.05, 4.69) is 55.6 Å². The van der Waals surface area contributed by atoms with Crippen LogP contribution in [0.2, 0.25) is 0 Å². The highest BCUT2D eigenvalue weighted by Crippen LogP contribution is 2.50. The second-order valence-corrected chi connectivity index (χ2v) is 7.93. The maximum atomic E-state index is 11.3. The van der Waals surface area contributed by atoms with Crippen molar-refractivity contribution in [1.82, 2.24) is 9.78 Å². The quantitative estimate of drug-likeness (QED) is 0.880. The SMILES string of the molecule is CC(C)n1ncc(Br)c1C1(O)CCC(C)(C)CC1C. The maximum absolute atomic E-state index is 11.3. The summed E-state index contributed by atoms with van der Waals surface area (Å²) in [6.45, 7) is 10.9. The van der Waals surface area contributed by atoms with Crippen LogP contribution in [0.15, 0.2) is 10.7 Å². The van der Waals surface area contributed by atoms with E-state index >= 15 is 0 Å². The van der Waals surface area contributed by atoms with Gasteiger partial charge in [0.1, 0.15) is 5.60 Å². The molecule has 4 heteroatoms. The molecule has 0 aliphatic heterocycles. The van der Waals surface area contributed by atoms with Gasteiger partial charge in [-0.2, -0.15) is 5.10 Å².